The molecule has 2 heterocycles. The Kier molecular flexibility index (Phi) is 7.46. The van der Waals surface area contributed by atoms with Crippen LogP contribution in [0.4, 0.5) is 0 Å². The minimum absolute atomic E-state index is 0.00979. The summed E-state index contributed by atoms with van der Waals surface area (Å²) in [6.45, 7) is 13.1. The molecular formula is C36H40O6. The van der Waals surface area contributed by atoms with Gasteiger partial charge < -0.3 is 18.6 Å². The van der Waals surface area contributed by atoms with Gasteiger partial charge in [0.15, 0.2) is 5.60 Å². The molecule has 1 aliphatic carbocycles. The van der Waals surface area contributed by atoms with E-state index < -0.39 is 23.1 Å². The third-order valence-electron chi connectivity index (χ3n) is 8.55. The van der Waals surface area contributed by atoms with Crippen molar-refractivity contribution in [3.05, 3.63) is 117 Å². The lowest BCUT2D eigenvalue weighted by Crippen LogP contribution is -2.63. The molecule has 6 heteroatoms. The molecule has 0 bridgehead atoms. The standard InChI is InChI=1S/C36H40O6/c1-34(2,3)24-13-9-22(10-14-24)17-18-36-32(27(40-8)21-30(38)42-36)31(23-11-15-25(16-12-23)35(4,5)6)33(36)28-19-26(39-7)20-29(37)41-28/h9-21,31-33H,1-8H3/b18-17+/t31-,32+,33+,36+/m0/s1. The van der Waals surface area contributed by atoms with Gasteiger partial charge in [-0.15, -0.1) is 0 Å². The fraction of sp³-hybridized carbons (Fsp3) is 0.389. The van der Waals surface area contributed by atoms with E-state index in [9.17, 15) is 9.59 Å². The number of carbonyl (C=O) groups is 1. The largest absolute Gasteiger partial charge is 0.500 e. The smallest absolute Gasteiger partial charge is 0.339 e. The highest BCUT2D eigenvalue weighted by Crippen LogP contribution is 2.66. The van der Waals surface area contributed by atoms with Crippen LogP contribution in [0.1, 0.15) is 81.4 Å². The third kappa shape index (κ3) is 5.31. The molecule has 0 spiro atoms. The van der Waals surface area contributed by atoms with Crippen molar-refractivity contribution >= 4 is 12.0 Å². The number of carbonyl (C=O) groups excluding carboxylic acids is 1. The van der Waals surface area contributed by atoms with Crippen LogP contribution in [-0.4, -0.2) is 25.8 Å². The highest BCUT2D eigenvalue weighted by Gasteiger charge is 2.68. The van der Waals surface area contributed by atoms with Crippen LogP contribution in [-0.2, 0) is 25.1 Å². The minimum atomic E-state index is -1.16. The quantitative estimate of drug-likeness (QED) is 0.291. The summed E-state index contributed by atoms with van der Waals surface area (Å²) in [4.78, 5) is 25.7. The van der Waals surface area contributed by atoms with Crippen LogP contribution in [0.5, 0.6) is 5.75 Å². The lowest BCUT2D eigenvalue weighted by molar-refractivity contribution is -0.182. The van der Waals surface area contributed by atoms with Gasteiger partial charge >= 0.3 is 11.6 Å². The first-order valence-corrected chi connectivity index (χ1v) is 14.3. The van der Waals surface area contributed by atoms with Crippen molar-refractivity contribution in [2.45, 2.75) is 69.8 Å². The summed E-state index contributed by atoms with van der Waals surface area (Å²) < 4.78 is 23.3. The van der Waals surface area contributed by atoms with Gasteiger partial charge in [-0.1, -0.05) is 96.1 Å². The monoisotopic (exact) mass is 568 g/mol. The van der Waals surface area contributed by atoms with Crippen molar-refractivity contribution in [1.82, 2.24) is 0 Å². The number of benzene rings is 2. The van der Waals surface area contributed by atoms with Crippen LogP contribution in [0.3, 0.4) is 0 Å². The molecule has 1 fully saturated rings. The highest BCUT2D eigenvalue weighted by atomic mass is 16.6. The molecule has 4 atom stereocenters. The van der Waals surface area contributed by atoms with Crippen LogP contribution in [0.15, 0.2) is 87.8 Å². The molecule has 2 aliphatic rings. The van der Waals surface area contributed by atoms with Crippen LogP contribution >= 0.6 is 0 Å². The van der Waals surface area contributed by atoms with Crippen LogP contribution in [0, 0.1) is 5.92 Å². The van der Waals surface area contributed by atoms with Crippen molar-refractivity contribution in [3.8, 4) is 5.75 Å². The van der Waals surface area contributed by atoms with E-state index in [-0.39, 0.29) is 22.7 Å². The first kappa shape index (κ1) is 29.4. The molecular weight excluding hydrogens is 528 g/mol. The normalized spacial score (nSPS) is 24.0. The first-order valence-electron chi connectivity index (χ1n) is 14.3. The number of hydrogen-bond acceptors (Lipinski definition) is 6. The summed E-state index contributed by atoms with van der Waals surface area (Å²) in [6.07, 6.45) is 5.32. The summed E-state index contributed by atoms with van der Waals surface area (Å²) in [5.74, 6) is -0.267. The van der Waals surface area contributed by atoms with Gasteiger partial charge in [0.2, 0.25) is 0 Å². The molecule has 1 aliphatic heterocycles. The van der Waals surface area contributed by atoms with Crippen molar-refractivity contribution in [2.24, 2.45) is 5.92 Å². The molecule has 5 rings (SSSR count). The van der Waals surface area contributed by atoms with Crippen LogP contribution < -0.4 is 10.4 Å². The van der Waals surface area contributed by atoms with Gasteiger partial charge in [0.25, 0.3) is 0 Å². The molecule has 0 unspecified atom stereocenters. The molecule has 0 radical (unpaired) electrons. The van der Waals surface area contributed by atoms with E-state index in [1.165, 1.54) is 30.4 Å². The predicted molar refractivity (Wildman–Crippen MR) is 164 cm³/mol. The molecule has 2 aromatic carbocycles. The maximum atomic E-state index is 13.0. The van der Waals surface area contributed by atoms with E-state index in [0.29, 0.717) is 17.3 Å². The second-order valence-corrected chi connectivity index (χ2v) is 13.3. The molecule has 0 saturated heterocycles. The SMILES string of the molecule is COC1=CC(=O)O[C@]2(/C=C/c3ccc(C(C)(C)C)cc3)[C@H]1[C@H](c1ccc(C(C)(C)C)cc1)[C@H]2c1cc(OC)cc(=O)o1. The maximum absolute atomic E-state index is 13.0. The number of esters is 1. The van der Waals surface area contributed by atoms with E-state index in [1.807, 2.05) is 12.2 Å². The molecule has 6 nitrogen and oxygen atoms in total. The van der Waals surface area contributed by atoms with Crippen molar-refractivity contribution in [1.29, 1.82) is 0 Å². The Labute approximate surface area is 248 Å². The lowest BCUT2D eigenvalue weighted by atomic mass is 9.49. The summed E-state index contributed by atoms with van der Waals surface area (Å²) in [5.41, 5.74) is 2.76. The molecule has 0 N–H and O–H groups in total. The zero-order valence-electron chi connectivity index (χ0n) is 25.7. The zero-order valence-corrected chi connectivity index (χ0v) is 25.7. The van der Waals surface area contributed by atoms with Crippen LogP contribution in [0.25, 0.3) is 6.08 Å². The van der Waals surface area contributed by atoms with Crippen LogP contribution in [0.2, 0.25) is 0 Å². The average molecular weight is 569 g/mol. The maximum Gasteiger partial charge on any atom is 0.339 e. The second-order valence-electron chi connectivity index (χ2n) is 13.3. The number of ether oxygens (including phenoxy) is 3. The molecule has 220 valence electrons. The Morgan fingerprint density at radius 2 is 1.38 bits per heavy atom. The predicted octanol–water partition coefficient (Wildman–Crippen LogP) is 7.28. The number of rotatable bonds is 6. The summed E-state index contributed by atoms with van der Waals surface area (Å²) in [7, 11) is 3.08. The Morgan fingerprint density at radius 3 is 1.93 bits per heavy atom. The number of methoxy groups -OCH3 is 2. The summed E-state index contributed by atoms with van der Waals surface area (Å²) >= 11 is 0. The average Bonchev–Trinajstić information content (AvgIpc) is 2.92. The van der Waals surface area contributed by atoms with E-state index in [1.54, 1.807) is 13.2 Å². The van der Waals surface area contributed by atoms with Crippen molar-refractivity contribution in [2.75, 3.05) is 14.2 Å². The minimum Gasteiger partial charge on any atom is -0.500 e. The zero-order chi connectivity index (χ0) is 30.4. The van der Waals surface area contributed by atoms with Crippen molar-refractivity contribution in [3.63, 3.8) is 0 Å². The van der Waals surface area contributed by atoms with Crippen molar-refractivity contribution < 1.29 is 23.4 Å². The Morgan fingerprint density at radius 1 is 0.786 bits per heavy atom. The van der Waals surface area contributed by atoms with Gasteiger partial charge in [-0.2, -0.15) is 0 Å². The molecule has 42 heavy (non-hydrogen) atoms. The van der Waals surface area contributed by atoms with E-state index >= 15 is 0 Å². The summed E-state index contributed by atoms with van der Waals surface area (Å²) in [6, 6.07) is 19.8. The molecule has 0 amide bonds. The first-order chi connectivity index (χ1) is 19.8. The fourth-order valence-corrected chi connectivity index (χ4v) is 6.25. The van der Waals surface area contributed by atoms with Gasteiger partial charge in [0.05, 0.1) is 38.2 Å². The third-order valence-corrected chi connectivity index (χ3v) is 8.55. The van der Waals surface area contributed by atoms with E-state index in [4.69, 9.17) is 18.6 Å². The van der Waals surface area contributed by atoms with Gasteiger partial charge in [-0.05, 0) is 39.2 Å². The summed E-state index contributed by atoms with van der Waals surface area (Å²) in [5, 5.41) is 0. The number of fused-ring (bicyclic) bond motifs is 1. The van der Waals surface area contributed by atoms with Gasteiger partial charge in [0, 0.05) is 12.0 Å². The molecule has 1 aromatic heterocycles. The van der Waals surface area contributed by atoms with Gasteiger partial charge in [0.1, 0.15) is 17.3 Å². The Balaban J connectivity index is 1.67. The van der Waals surface area contributed by atoms with Gasteiger partial charge in [-0.3, -0.25) is 0 Å². The van der Waals surface area contributed by atoms with E-state index in [0.717, 1.165) is 11.1 Å². The Bertz CT molecular complexity index is 1580. The highest BCUT2D eigenvalue weighted by molar-refractivity contribution is 5.85. The molecule has 1 saturated carbocycles. The second kappa shape index (κ2) is 10.6. The molecule has 3 aromatic rings. The topological polar surface area (TPSA) is 75.0 Å². The van der Waals surface area contributed by atoms with E-state index in [2.05, 4.69) is 90.1 Å². The van der Waals surface area contributed by atoms with Gasteiger partial charge in [-0.25, -0.2) is 9.59 Å². The Hall–Kier alpha value is -4.06. The number of hydrogen-bond donors (Lipinski definition) is 0. The lowest BCUT2D eigenvalue weighted by Gasteiger charge is -2.59. The fourth-order valence-electron chi connectivity index (χ4n) is 6.25.